The Morgan fingerprint density at radius 3 is 2.62 bits per heavy atom. The maximum atomic E-state index is 12.6. The van der Waals surface area contributed by atoms with Gasteiger partial charge in [-0.15, -0.1) is 0 Å². The summed E-state index contributed by atoms with van der Waals surface area (Å²) in [4.78, 5) is 2.17. The normalized spacial score (nSPS) is 14.9. The zero-order chi connectivity index (χ0) is 18.6. The van der Waals surface area contributed by atoms with Gasteiger partial charge in [0.2, 0.25) is 10.0 Å². The molecule has 0 aliphatic carbocycles. The molecular formula is C19H24N2O4S. The summed E-state index contributed by atoms with van der Waals surface area (Å²) >= 11 is 0. The fourth-order valence-electron chi connectivity index (χ4n) is 3.02. The van der Waals surface area contributed by atoms with Crippen molar-refractivity contribution in [2.45, 2.75) is 12.7 Å². The van der Waals surface area contributed by atoms with E-state index in [9.17, 15) is 8.42 Å². The molecule has 2 aromatic rings. The minimum atomic E-state index is -3.56. The number of sulfonamides is 1. The Balaban J connectivity index is 1.82. The minimum Gasteiger partial charge on any atom is -0.495 e. The number of hydrogen-bond donors (Lipinski definition) is 1. The van der Waals surface area contributed by atoms with Gasteiger partial charge in [-0.25, -0.2) is 8.42 Å². The van der Waals surface area contributed by atoms with Gasteiger partial charge in [0.05, 0.1) is 31.8 Å². The first-order chi connectivity index (χ1) is 12.5. The molecule has 1 heterocycles. The third kappa shape index (κ3) is 4.68. The highest BCUT2D eigenvalue weighted by atomic mass is 32.2. The van der Waals surface area contributed by atoms with E-state index in [1.807, 2.05) is 43.3 Å². The zero-order valence-corrected chi connectivity index (χ0v) is 15.9. The molecule has 0 radical (unpaired) electrons. The van der Waals surface area contributed by atoms with E-state index in [2.05, 4.69) is 9.62 Å². The Hall–Kier alpha value is -2.25. The van der Waals surface area contributed by atoms with Crippen LogP contribution in [0.4, 0.5) is 11.4 Å². The molecule has 6 nitrogen and oxygen atoms in total. The third-order valence-corrected chi connectivity index (χ3v) is 5.51. The SMILES string of the molecule is COc1ccc(N2CCOCC2)cc1NS(=O)(=O)Cc1cccc(C)c1. The van der Waals surface area contributed by atoms with Crippen LogP contribution in [0.2, 0.25) is 0 Å². The van der Waals surface area contributed by atoms with Gasteiger partial charge in [-0.2, -0.15) is 0 Å². The number of anilines is 2. The largest absolute Gasteiger partial charge is 0.495 e. The smallest absolute Gasteiger partial charge is 0.237 e. The van der Waals surface area contributed by atoms with Crippen LogP contribution in [0, 0.1) is 6.92 Å². The van der Waals surface area contributed by atoms with E-state index in [0.29, 0.717) is 24.7 Å². The van der Waals surface area contributed by atoms with Crippen molar-refractivity contribution in [1.82, 2.24) is 0 Å². The first kappa shape index (κ1) is 18.5. The molecule has 3 rings (SSSR count). The van der Waals surface area contributed by atoms with Gasteiger partial charge in [-0.05, 0) is 30.7 Å². The monoisotopic (exact) mass is 376 g/mol. The van der Waals surface area contributed by atoms with Crippen molar-refractivity contribution in [2.24, 2.45) is 0 Å². The van der Waals surface area contributed by atoms with Crippen LogP contribution in [0.1, 0.15) is 11.1 Å². The molecule has 7 heteroatoms. The number of morpholine rings is 1. The molecule has 0 amide bonds. The van der Waals surface area contributed by atoms with Gasteiger partial charge in [-0.1, -0.05) is 29.8 Å². The van der Waals surface area contributed by atoms with Gasteiger partial charge in [0, 0.05) is 18.8 Å². The van der Waals surface area contributed by atoms with E-state index >= 15 is 0 Å². The topological polar surface area (TPSA) is 67.9 Å². The van der Waals surface area contributed by atoms with Crippen LogP contribution in [0.15, 0.2) is 42.5 Å². The molecule has 0 atom stereocenters. The number of rotatable bonds is 6. The second-order valence-corrected chi connectivity index (χ2v) is 8.06. The van der Waals surface area contributed by atoms with Gasteiger partial charge in [0.1, 0.15) is 5.75 Å². The average Bonchev–Trinajstić information content (AvgIpc) is 2.61. The average molecular weight is 376 g/mol. The predicted molar refractivity (Wildman–Crippen MR) is 103 cm³/mol. The maximum absolute atomic E-state index is 12.6. The van der Waals surface area contributed by atoms with Gasteiger partial charge >= 0.3 is 0 Å². The number of nitrogens with one attached hydrogen (secondary N) is 1. The van der Waals surface area contributed by atoms with Crippen molar-refractivity contribution in [3.05, 3.63) is 53.6 Å². The molecule has 1 saturated heterocycles. The van der Waals surface area contributed by atoms with Gasteiger partial charge < -0.3 is 14.4 Å². The van der Waals surface area contributed by atoms with Crippen LogP contribution < -0.4 is 14.4 Å². The molecule has 26 heavy (non-hydrogen) atoms. The lowest BCUT2D eigenvalue weighted by atomic mass is 10.2. The lowest BCUT2D eigenvalue weighted by molar-refractivity contribution is 0.122. The summed E-state index contributed by atoms with van der Waals surface area (Å²) in [5, 5.41) is 0. The summed E-state index contributed by atoms with van der Waals surface area (Å²) in [5.41, 5.74) is 3.18. The number of benzene rings is 2. The second-order valence-electron chi connectivity index (χ2n) is 6.33. The standard InChI is InChI=1S/C19H24N2O4S/c1-15-4-3-5-16(12-15)14-26(22,23)20-18-13-17(6-7-19(18)24-2)21-8-10-25-11-9-21/h3-7,12-13,20H,8-11,14H2,1-2H3. The minimum absolute atomic E-state index is 0.0837. The number of nitrogens with zero attached hydrogens (tertiary/aromatic N) is 1. The summed E-state index contributed by atoms with van der Waals surface area (Å²) in [6.45, 7) is 4.84. The van der Waals surface area contributed by atoms with E-state index in [1.165, 1.54) is 7.11 Å². The molecule has 1 fully saturated rings. The Bertz CT molecular complexity index is 862. The third-order valence-electron chi connectivity index (χ3n) is 4.26. The summed E-state index contributed by atoms with van der Waals surface area (Å²) in [5.74, 6) is 0.411. The Morgan fingerprint density at radius 2 is 1.92 bits per heavy atom. The highest BCUT2D eigenvalue weighted by Crippen LogP contribution is 2.31. The molecule has 0 bridgehead atoms. The van der Waals surface area contributed by atoms with Gasteiger partial charge in [-0.3, -0.25) is 4.72 Å². The molecule has 1 aliphatic rings. The maximum Gasteiger partial charge on any atom is 0.237 e. The van der Waals surface area contributed by atoms with E-state index < -0.39 is 10.0 Å². The Kier molecular flexibility index (Phi) is 5.68. The van der Waals surface area contributed by atoms with Crippen LogP contribution >= 0.6 is 0 Å². The van der Waals surface area contributed by atoms with E-state index in [0.717, 1.165) is 29.9 Å². The first-order valence-electron chi connectivity index (χ1n) is 8.53. The molecule has 0 spiro atoms. The number of aryl methyl sites for hydroxylation is 1. The van der Waals surface area contributed by atoms with E-state index in [-0.39, 0.29) is 5.75 Å². The fourth-order valence-corrected chi connectivity index (χ4v) is 4.20. The van der Waals surface area contributed by atoms with Crippen LogP contribution in [-0.2, 0) is 20.5 Å². The van der Waals surface area contributed by atoms with Crippen molar-refractivity contribution in [3.8, 4) is 5.75 Å². The Morgan fingerprint density at radius 1 is 1.15 bits per heavy atom. The molecule has 0 aromatic heterocycles. The zero-order valence-electron chi connectivity index (χ0n) is 15.1. The first-order valence-corrected chi connectivity index (χ1v) is 10.2. The summed E-state index contributed by atoms with van der Waals surface area (Å²) < 4.78 is 38.7. The number of methoxy groups -OCH3 is 1. The van der Waals surface area contributed by atoms with Crippen LogP contribution in [0.3, 0.4) is 0 Å². The van der Waals surface area contributed by atoms with Crippen molar-refractivity contribution in [3.63, 3.8) is 0 Å². The lowest BCUT2D eigenvalue weighted by Crippen LogP contribution is -2.36. The van der Waals surface area contributed by atoms with E-state index in [1.54, 1.807) is 6.07 Å². The van der Waals surface area contributed by atoms with E-state index in [4.69, 9.17) is 9.47 Å². The van der Waals surface area contributed by atoms with Gasteiger partial charge in [0.25, 0.3) is 0 Å². The molecule has 1 aliphatic heterocycles. The lowest BCUT2D eigenvalue weighted by Gasteiger charge is -2.29. The predicted octanol–water partition coefficient (Wildman–Crippen LogP) is 2.78. The molecular weight excluding hydrogens is 352 g/mol. The van der Waals surface area contributed by atoms with Crippen LogP contribution in [0.5, 0.6) is 5.75 Å². The summed E-state index contributed by atoms with van der Waals surface area (Å²) in [6, 6.07) is 13.0. The van der Waals surface area contributed by atoms with Crippen molar-refractivity contribution in [1.29, 1.82) is 0 Å². The molecule has 0 saturated carbocycles. The van der Waals surface area contributed by atoms with Crippen LogP contribution in [0.25, 0.3) is 0 Å². The highest BCUT2D eigenvalue weighted by Gasteiger charge is 2.18. The van der Waals surface area contributed by atoms with Crippen LogP contribution in [-0.4, -0.2) is 41.8 Å². The van der Waals surface area contributed by atoms with Crippen molar-refractivity contribution >= 4 is 21.4 Å². The molecule has 0 unspecified atom stereocenters. The fraction of sp³-hybridized carbons (Fsp3) is 0.368. The Labute approximate surface area is 154 Å². The molecule has 140 valence electrons. The second kappa shape index (κ2) is 7.97. The molecule has 2 aromatic carbocycles. The molecule has 1 N–H and O–H groups in total. The van der Waals surface area contributed by atoms with Gasteiger partial charge in [0.15, 0.2) is 0 Å². The van der Waals surface area contributed by atoms with Crippen molar-refractivity contribution in [2.75, 3.05) is 43.0 Å². The quantitative estimate of drug-likeness (QED) is 0.840. The number of ether oxygens (including phenoxy) is 2. The summed E-state index contributed by atoms with van der Waals surface area (Å²) in [6.07, 6.45) is 0. The summed E-state index contributed by atoms with van der Waals surface area (Å²) in [7, 11) is -2.03. The van der Waals surface area contributed by atoms with Crippen molar-refractivity contribution < 1.29 is 17.9 Å². The number of hydrogen-bond acceptors (Lipinski definition) is 5. The highest BCUT2D eigenvalue weighted by molar-refractivity contribution is 7.91.